The molecule has 4 N–H and O–H groups in total. The number of halogens is 1. The Labute approximate surface area is 108 Å². The first-order valence-corrected chi connectivity index (χ1v) is 6.33. The first-order chi connectivity index (χ1) is 8.13. The molecule has 5 nitrogen and oxygen atoms in total. The van der Waals surface area contributed by atoms with Crippen LogP contribution in [0.25, 0.3) is 0 Å². The largest absolute Gasteiger partial charge is 0.409 e. The SMILES string of the molecule is NC(CCCCNC(=O)c1ccc(Cl)s1)=NO. The van der Waals surface area contributed by atoms with Crippen LogP contribution in [0.1, 0.15) is 28.9 Å². The third-order valence-corrected chi connectivity index (χ3v) is 3.30. The lowest BCUT2D eigenvalue weighted by Crippen LogP contribution is -2.23. The van der Waals surface area contributed by atoms with Gasteiger partial charge in [-0.05, 0) is 25.0 Å². The Balaban J connectivity index is 2.17. The topological polar surface area (TPSA) is 87.7 Å². The number of amides is 1. The number of nitrogens with one attached hydrogen (secondary N) is 1. The molecule has 0 spiro atoms. The van der Waals surface area contributed by atoms with E-state index in [1.165, 1.54) is 11.3 Å². The maximum absolute atomic E-state index is 11.6. The molecule has 0 aliphatic rings. The summed E-state index contributed by atoms with van der Waals surface area (Å²) in [6.07, 6.45) is 2.07. The number of oxime groups is 1. The zero-order chi connectivity index (χ0) is 12.7. The fraction of sp³-hybridized carbons (Fsp3) is 0.400. The molecule has 0 bridgehead atoms. The lowest BCUT2D eigenvalue weighted by atomic mass is 10.2. The van der Waals surface area contributed by atoms with Gasteiger partial charge in [-0.1, -0.05) is 16.8 Å². The van der Waals surface area contributed by atoms with Crippen molar-refractivity contribution in [3.63, 3.8) is 0 Å². The molecule has 1 aromatic heterocycles. The molecule has 0 radical (unpaired) electrons. The van der Waals surface area contributed by atoms with Gasteiger partial charge in [0.2, 0.25) is 0 Å². The van der Waals surface area contributed by atoms with Gasteiger partial charge >= 0.3 is 0 Å². The molecule has 0 aliphatic carbocycles. The van der Waals surface area contributed by atoms with E-state index in [2.05, 4.69) is 10.5 Å². The first-order valence-electron chi connectivity index (χ1n) is 5.13. The second-order valence-electron chi connectivity index (χ2n) is 3.41. The first kappa shape index (κ1) is 13.8. The molecular weight excluding hydrogens is 262 g/mol. The maximum Gasteiger partial charge on any atom is 0.261 e. The number of hydrogen-bond acceptors (Lipinski definition) is 4. The summed E-state index contributed by atoms with van der Waals surface area (Å²) in [5.74, 6) is 0.0899. The van der Waals surface area contributed by atoms with Gasteiger partial charge in [0, 0.05) is 13.0 Å². The Morgan fingerprint density at radius 3 is 2.88 bits per heavy atom. The summed E-state index contributed by atoms with van der Waals surface area (Å²) in [6.45, 7) is 0.563. The minimum atomic E-state index is -0.120. The number of nitrogens with two attached hydrogens (primary N) is 1. The highest BCUT2D eigenvalue weighted by Gasteiger charge is 2.07. The molecule has 0 saturated heterocycles. The van der Waals surface area contributed by atoms with E-state index in [-0.39, 0.29) is 11.7 Å². The molecule has 1 amide bonds. The third kappa shape index (κ3) is 5.06. The number of carbonyl (C=O) groups excluding carboxylic acids is 1. The molecule has 0 atom stereocenters. The van der Waals surface area contributed by atoms with E-state index < -0.39 is 0 Å². The third-order valence-electron chi connectivity index (χ3n) is 2.07. The van der Waals surface area contributed by atoms with Crippen molar-refractivity contribution in [2.45, 2.75) is 19.3 Å². The van der Waals surface area contributed by atoms with Gasteiger partial charge in [-0.15, -0.1) is 11.3 Å². The second-order valence-corrected chi connectivity index (χ2v) is 5.12. The van der Waals surface area contributed by atoms with E-state index in [1.54, 1.807) is 12.1 Å². The average molecular weight is 276 g/mol. The van der Waals surface area contributed by atoms with Gasteiger partial charge in [0.05, 0.1) is 9.21 Å². The van der Waals surface area contributed by atoms with Crippen molar-refractivity contribution in [1.29, 1.82) is 0 Å². The van der Waals surface area contributed by atoms with Gasteiger partial charge in [-0.25, -0.2) is 0 Å². The minimum absolute atomic E-state index is 0.120. The summed E-state index contributed by atoms with van der Waals surface area (Å²) in [5.41, 5.74) is 5.31. The van der Waals surface area contributed by atoms with E-state index >= 15 is 0 Å². The van der Waals surface area contributed by atoms with E-state index in [0.29, 0.717) is 22.2 Å². The van der Waals surface area contributed by atoms with Gasteiger partial charge in [-0.2, -0.15) is 0 Å². The monoisotopic (exact) mass is 275 g/mol. The van der Waals surface area contributed by atoms with Gasteiger partial charge in [0.15, 0.2) is 0 Å². The van der Waals surface area contributed by atoms with E-state index in [9.17, 15) is 4.79 Å². The molecule has 17 heavy (non-hydrogen) atoms. The molecule has 0 fully saturated rings. The second kappa shape index (κ2) is 7.13. The summed E-state index contributed by atoms with van der Waals surface area (Å²) in [5, 5.41) is 14.0. The molecule has 1 aromatic rings. The standard InChI is InChI=1S/C10H14ClN3O2S/c11-8-5-4-7(17-8)10(15)13-6-2-1-3-9(12)14-16/h4-5,16H,1-3,6H2,(H2,12,14)(H,13,15). The van der Waals surface area contributed by atoms with Crippen LogP contribution in [-0.4, -0.2) is 23.5 Å². The van der Waals surface area contributed by atoms with Crippen molar-refractivity contribution < 1.29 is 10.0 Å². The van der Waals surface area contributed by atoms with Crippen molar-refractivity contribution in [2.75, 3.05) is 6.54 Å². The molecule has 1 rings (SSSR count). The highest BCUT2D eigenvalue weighted by atomic mass is 35.5. The average Bonchev–Trinajstić information content (AvgIpc) is 2.75. The number of carbonyl (C=O) groups is 1. The van der Waals surface area contributed by atoms with Crippen LogP contribution in [0, 0.1) is 0 Å². The number of rotatable bonds is 6. The van der Waals surface area contributed by atoms with E-state index in [4.69, 9.17) is 22.5 Å². The minimum Gasteiger partial charge on any atom is -0.409 e. The Morgan fingerprint density at radius 1 is 1.53 bits per heavy atom. The zero-order valence-corrected chi connectivity index (χ0v) is 10.7. The molecule has 0 unspecified atom stereocenters. The molecule has 7 heteroatoms. The fourth-order valence-electron chi connectivity index (χ4n) is 1.21. The van der Waals surface area contributed by atoms with Gasteiger partial charge in [-0.3, -0.25) is 4.79 Å². The van der Waals surface area contributed by atoms with Crippen LogP contribution in [0.15, 0.2) is 17.3 Å². The maximum atomic E-state index is 11.6. The predicted molar refractivity (Wildman–Crippen MR) is 68.9 cm³/mol. The number of amidine groups is 1. The van der Waals surface area contributed by atoms with Crippen LogP contribution < -0.4 is 11.1 Å². The molecule has 94 valence electrons. The van der Waals surface area contributed by atoms with Gasteiger partial charge < -0.3 is 16.3 Å². The highest BCUT2D eigenvalue weighted by Crippen LogP contribution is 2.20. The van der Waals surface area contributed by atoms with Crippen molar-refractivity contribution in [1.82, 2.24) is 5.32 Å². The van der Waals surface area contributed by atoms with Crippen molar-refractivity contribution in [3.8, 4) is 0 Å². The van der Waals surface area contributed by atoms with Crippen LogP contribution in [-0.2, 0) is 0 Å². The van der Waals surface area contributed by atoms with E-state index in [0.717, 1.165) is 12.8 Å². The Morgan fingerprint density at radius 2 is 2.29 bits per heavy atom. The summed E-state index contributed by atoms with van der Waals surface area (Å²) in [6, 6.07) is 3.39. The molecule has 0 saturated carbocycles. The number of unbranched alkanes of at least 4 members (excludes halogenated alkanes) is 1. The number of thiophene rings is 1. The van der Waals surface area contributed by atoms with Crippen LogP contribution in [0.2, 0.25) is 4.34 Å². The number of hydrogen-bond donors (Lipinski definition) is 3. The van der Waals surface area contributed by atoms with Crippen LogP contribution in [0.5, 0.6) is 0 Å². The van der Waals surface area contributed by atoms with Crippen LogP contribution in [0.3, 0.4) is 0 Å². The van der Waals surface area contributed by atoms with Crippen molar-refractivity contribution in [3.05, 3.63) is 21.3 Å². The van der Waals surface area contributed by atoms with Gasteiger partial charge in [0.1, 0.15) is 5.84 Å². The summed E-state index contributed by atoms with van der Waals surface area (Å²) < 4.78 is 0.599. The Bertz CT molecular complexity index is 406. The van der Waals surface area contributed by atoms with Crippen molar-refractivity contribution in [2.24, 2.45) is 10.9 Å². The molecule has 0 aromatic carbocycles. The Hall–Kier alpha value is -1.27. The molecular formula is C10H14ClN3O2S. The summed E-state index contributed by atoms with van der Waals surface area (Å²) in [4.78, 5) is 12.2. The van der Waals surface area contributed by atoms with E-state index in [1.807, 2.05) is 0 Å². The number of nitrogens with zero attached hydrogens (tertiary/aromatic N) is 1. The molecule has 0 aliphatic heterocycles. The highest BCUT2D eigenvalue weighted by molar-refractivity contribution is 7.17. The van der Waals surface area contributed by atoms with Gasteiger partial charge in [0.25, 0.3) is 5.91 Å². The summed E-state index contributed by atoms with van der Waals surface area (Å²) >= 11 is 6.98. The molecule has 1 heterocycles. The van der Waals surface area contributed by atoms with Crippen LogP contribution >= 0.6 is 22.9 Å². The lowest BCUT2D eigenvalue weighted by molar-refractivity contribution is 0.0957. The lowest BCUT2D eigenvalue weighted by Gasteiger charge is -2.02. The predicted octanol–water partition coefficient (Wildman–Crippen LogP) is 2.05. The van der Waals surface area contributed by atoms with Crippen molar-refractivity contribution >= 4 is 34.7 Å². The normalized spacial score (nSPS) is 11.5. The fourth-order valence-corrected chi connectivity index (χ4v) is 2.17. The quantitative estimate of drug-likeness (QED) is 0.244. The Kier molecular flexibility index (Phi) is 5.79. The zero-order valence-electron chi connectivity index (χ0n) is 9.15. The summed E-state index contributed by atoms with van der Waals surface area (Å²) in [7, 11) is 0. The van der Waals surface area contributed by atoms with Crippen LogP contribution in [0.4, 0.5) is 0 Å². The smallest absolute Gasteiger partial charge is 0.261 e.